The Bertz CT molecular complexity index is 415. The van der Waals surface area contributed by atoms with Crippen molar-refractivity contribution in [1.29, 1.82) is 5.41 Å². The maximum Gasteiger partial charge on any atom is 0.126 e. The molecule has 0 aliphatic heterocycles. The summed E-state index contributed by atoms with van der Waals surface area (Å²) in [7, 11) is 2.00. The van der Waals surface area contributed by atoms with Crippen LogP contribution in [0.5, 0.6) is 0 Å². The molecule has 0 aliphatic rings. The zero-order chi connectivity index (χ0) is 13.2. The second-order valence-electron chi connectivity index (χ2n) is 4.64. The molecule has 0 spiro atoms. The third-order valence-corrected chi connectivity index (χ3v) is 3.53. The van der Waals surface area contributed by atoms with Crippen LogP contribution >= 0.6 is 11.6 Å². The summed E-state index contributed by atoms with van der Waals surface area (Å²) >= 11 is 6.11. The highest BCUT2D eigenvalue weighted by Crippen LogP contribution is 2.28. The predicted molar refractivity (Wildman–Crippen MR) is 75.2 cm³/mol. The maximum absolute atomic E-state index is 7.63. The molecule has 0 fully saturated rings. The van der Waals surface area contributed by atoms with E-state index in [0.29, 0.717) is 22.5 Å². The van der Waals surface area contributed by atoms with Crippen LogP contribution in [0.1, 0.15) is 26.3 Å². The van der Waals surface area contributed by atoms with Crippen molar-refractivity contribution in [3.05, 3.63) is 28.8 Å². The molecule has 1 atom stereocenters. The lowest BCUT2D eigenvalue weighted by atomic mass is 10.0. The van der Waals surface area contributed by atoms with E-state index in [1.807, 2.05) is 19.2 Å². The van der Waals surface area contributed by atoms with Gasteiger partial charge >= 0.3 is 0 Å². The third-order valence-electron chi connectivity index (χ3n) is 3.22. The number of anilines is 1. The molecule has 1 aromatic carbocycles. The van der Waals surface area contributed by atoms with Crippen LogP contribution in [0, 0.1) is 11.3 Å². The van der Waals surface area contributed by atoms with E-state index in [1.165, 1.54) is 0 Å². The Hall–Kier alpha value is -1.22. The van der Waals surface area contributed by atoms with Crippen LogP contribution in [0.25, 0.3) is 0 Å². The van der Waals surface area contributed by atoms with Crippen molar-refractivity contribution in [3.63, 3.8) is 0 Å². The molecule has 0 radical (unpaired) electrons. The van der Waals surface area contributed by atoms with Crippen molar-refractivity contribution >= 4 is 23.1 Å². The molecule has 94 valence electrons. The predicted octanol–water partition coefficient (Wildman–Crippen LogP) is 3.10. The van der Waals surface area contributed by atoms with Crippen LogP contribution in [0.15, 0.2) is 18.2 Å². The van der Waals surface area contributed by atoms with Gasteiger partial charge in [0, 0.05) is 18.8 Å². The molecule has 4 heteroatoms. The van der Waals surface area contributed by atoms with Gasteiger partial charge in [0.25, 0.3) is 0 Å². The Morgan fingerprint density at radius 2 is 1.94 bits per heavy atom. The molecule has 1 unspecified atom stereocenters. The van der Waals surface area contributed by atoms with Gasteiger partial charge in [-0.3, -0.25) is 5.41 Å². The average molecular weight is 254 g/mol. The number of nitrogens with zero attached hydrogens (tertiary/aromatic N) is 1. The molecule has 0 aromatic heterocycles. The number of benzene rings is 1. The normalized spacial score (nSPS) is 12.6. The Kier molecular flexibility index (Phi) is 4.40. The van der Waals surface area contributed by atoms with Gasteiger partial charge in [-0.1, -0.05) is 31.5 Å². The van der Waals surface area contributed by atoms with E-state index >= 15 is 0 Å². The summed E-state index contributed by atoms with van der Waals surface area (Å²) in [5.41, 5.74) is 7.13. The number of nitrogens with one attached hydrogen (secondary N) is 1. The fourth-order valence-electron chi connectivity index (χ4n) is 1.74. The lowest BCUT2D eigenvalue weighted by Gasteiger charge is -2.31. The molecule has 0 bridgehead atoms. The van der Waals surface area contributed by atoms with E-state index < -0.39 is 0 Å². The van der Waals surface area contributed by atoms with E-state index in [2.05, 4.69) is 25.7 Å². The molecule has 0 saturated heterocycles. The van der Waals surface area contributed by atoms with Crippen molar-refractivity contribution in [2.24, 2.45) is 11.7 Å². The summed E-state index contributed by atoms with van der Waals surface area (Å²) in [5.74, 6) is 0.521. The van der Waals surface area contributed by atoms with Crippen molar-refractivity contribution in [1.82, 2.24) is 0 Å². The smallest absolute Gasteiger partial charge is 0.126 e. The number of amidine groups is 1. The summed E-state index contributed by atoms with van der Waals surface area (Å²) in [4.78, 5) is 2.12. The first-order valence-electron chi connectivity index (χ1n) is 5.72. The first kappa shape index (κ1) is 13.8. The van der Waals surface area contributed by atoms with Gasteiger partial charge in [-0.05, 0) is 25.0 Å². The summed E-state index contributed by atoms with van der Waals surface area (Å²) in [5, 5.41) is 8.15. The number of nitrogens with two attached hydrogens (primary N) is 1. The number of hydrogen-bond acceptors (Lipinski definition) is 2. The van der Waals surface area contributed by atoms with Gasteiger partial charge in [0.15, 0.2) is 0 Å². The van der Waals surface area contributed by atoms with Crippen molar-refractivity contribution in [2.75, 3.05) is 11.9 Å². The second kappa shape index (κ2) is 5.41. The molecular formula is C13H20ClN3. The molecule has 1 aromatic rings. The van der Waals surface area contributed by atoms with Crippen LogP contribution in [0.3, 0.4) is 0 Å². The van der Waals surface area contributed by atoms with Gasteiger partial charge in [-0.2, -0.15) is 0 Å². The lowest BCUT2D eigenvalue weighted by molar-refractivity contribution is 0.505. The Balaban J connectivity index is 3.22. The quantitative estimate of drug-likeness (QED) is 0.640. The zero-order valence-corrected chi connectivity index (χ0v) is 11.5. The largest absolute Gasteiger partial charge is 0.384 e. The van der Waals surface area contributed by atoms with E-state index in [-0.39, 0.29) is 5.84 Å². The summed E-state index contributed by atoms with van der Waals surface area (Å²) < 4.78 is 0. The van der Waals surface area contributed by atoms with Crippen LogP contribution < -0.4 is 10.6 Å². The van der Waals surface area contributed by atoms with Crippen LogP contribution in [0.2, 0.25) is 5.02 Å². The van der Waals surface area contributed by atoms with E-state index in [1.54, 1.807) is 6.07 Å². The fourth-order valence-corrected chi connectivity index (χ4v) is 2.01. The molecule has 3 N–H and O–H groups in total. The molecule has 0 aliphatic carbocycles. The van der Waals surface area contributed by atoms with Crippen molar-refractivity contribution in [2.45, 2.75) is 26.8 Å². The molecule has 17 heavy (non-hydrogen) atoms. The molecule has 0 saturated carbocycles. The first-order chi connectivity index (χ1) is 7.86. The Morgan fingerprint density at radius 1 is 1.35 bits per heavy atom. The van der Waals surface area contributed by atoms with Gasteiger partial charge in [0.2, 0.25) is 0 Å². The highest BCUT2D eigenvalue weighted by atomic mass is 35.5. The van der Waals surface area contributed by atoms with E-state index in [4.69, 9.17) is 22.7 Å². The Morgan fingerprint density at radius 3 is 2.41 bits per heavy atom. The topological polar surface area (TPSA) is 53.1 Å². The third kappa shape index (κ3) is 2.91. The second-order valence-corrected chi connectivity index (χ2v) is 5.05. The first-order valence-corrected chi connectivity index (χ1v) is 6.09. The molecule has 0 heterocycles. The Labute approximate surface area is 108 Å². The standard InChI is InChI=1S/C13H20ClN3/c1-8(2)9(3)17(4)11-7-5-6-10(14)12(11)13(15)16/h5-9H,1-4H3,(H3,15,16). The molecule has 1 rings (SSSR count). The van der Waals surface area contributed by atoms with Gasteiger partial charge in [0.05, 0.1) is 10.6 Å². The number of rotatable bonds is 4. The number of halogens is 1. The van der Waals surface area contributed by atoms with Crippen LogP contribution in [-0.4, -0.2) is 18.9 Å². The van der Waals surface area contributed by atoms with Crippen LogP contribution in [0.4, 0.5) is 5.69 Å². The fraction of sp³-hybridized carbons (Fsp3) is 0.462. The van der Waals surface area contributed by atoms with Crippen molar-refractivity contribution in [3.8, 4) is 0 Å². The lowest BCUT2D eigenvalue weighted by Crippen LogP contribution is -2.34. The minimum absolute atomic E-state index is 0.00778. The highest BCUT2D eigenvalue weighted by Gasteiger charge is 2.19. The molecule has 0 amide bonds. The van der Waals surface area contributed by atoms with E-state index in [0.717, 1.165) is 5.69 Å². The number of nitrogen functional groups attached to an aromatic ring is 1. The SMILES string of the molecule is CC(C)C(C)N(C)c1cccc(Cl)c1C(=N)N. The van der Waals surface area contributed by atoms with Gasteiger partial charge in [0.1, 0.15) is 5.84 Å². The minimum atomic E-state index is 0.00778. The van der Waals surface area contributed by atoms with Crippen molar-refractivity contribution < 1.29 is 0 Å². The van der Waals surface area contributed by atoms with Crippen LogP contribution in [-0.2, 0) is 0 Å². The monoisotopic (exact) mass is 253 g/mol. The summed E-state index contributed by atoms with van der Waals surface area (Å²) in [6.45, 7) is 6.48. The van der Waals surface area contributed by atoms with E-state index in [9.17, 15) is 0 Å². The minimum Gasteiger partial charge on any atom is -0.384 e. The summed E-state index contributed by atoms with van der Waals surface area (Å²) in [6.07, 6.45) is 0. The number of hydrogen-bond donors (Lipinski definition) is 2. The maximum atomic E-state index is 7.63. The van der Waals surface area contributed by atoms with Gasteiger partial charge in [-0.15, -0.1) is 0 Å². The van der Waals surface area contributed by atoms with Gasteiger partial charge in [-0.25, -0.2) is 0 Å². The highest BCUT2D eigenvalue weighted by molar-refractivity contribution is 6.34. The zero-order valence-electron chi connectivity index (χ0n) is 10.8. The summed E-state index contributed by atoms with van der Waals surface area (Å²) in [6, 6.07) is 5.94. The average Bonchev–Trinajstić information content (AvgIpc) is 2.25. The molecule has 3 nitrogen and oxygen atoms in total. The van der Waals surface area contributed by atoms with Gasteiger partial charge < -0.3 is 10.6 Å². The molecular weight excluding hydrogens is 234 g/mol.